The number of hydrogen-bond acceptors (Lipinski definition) is 7. The van der Waals surface area contributed by atoms with Gasteiger partial charge in [0.15, 0.2) is 6.61 Å². The maximum Gasteiger partial charge on any atom is 0.325 e. The average molecular weight is 423 g/mol. The monoisotopic (exact) mass is 423 g/mol. The Morgan fingerprint density at radius 2 is 1.90 bits per heavy atom. The van der Waals surface area contributed by atoms with Crippen LogP contribution in [0.3, 0.4) is 0 Å². The molecule has 12 heteroatoms. The van der Waals surface area contributed by atoms with Crippen molar-refractivity contribution in [3.05, 3.63) is 41.7 Å². The van der Waals surface area contributed by atoms with Crippen LogP contribution in [-0.4, -0.2) is 49.3 Å². The predicted octanol–water partition coefficient (Wildman–Crippen LogP) is 0.207. The van der Waals surface area contributed by atoms with Gasteiger partial charge in [-0.3, -0.25) is 19.6 Å². The number of aromatic nitrogens is 2. The average Bonchev–Trinajstić information content (AvgIpc) is 3.09. The molecule has 156 valence electrons. The second kappa shape index (κ2) is 9.30. The number of aryl methyl sites for hydroxylation is 3. The Labute approximate surface area is 167 Å². The van der Waals surface area contributed by atoms with Gasteiger partial charge in [-0.1, -0.05) is 6.07 Å². The van der Waals surface area contributed by atoms with Crippen molar-refractivity contribution in [1.29, 1.82) is 0 Å². The molecule has 0 atom stereocenters. The molecule has 1 aromatic carbocycles. The van der Waals surface area contributed by atoms with Crippen molar-refractivity contribution < 1.29 is 27.5 Å². The minimum Gasteiger partial charge on any atom is -0.455 e. The number of rotatable bonds is 7. The molecule has 0 fully saturated rings. The number of anilines is 1. The zero-order valence-electron chi connectivity index (χ0n) is 16.1. The predicted molar refractivity (Wildman–Crippen MR) is 102 cm³/mol. The van der Waals surface area contributed by atoms with Crippen molar-refractivity contribution in [1.82, 2.24) is 19.8 Å². The number of hydrogen-bond donors (Lipinski definition) is 3. The maximum atomic E-state index is 11.9. The highest BCUT2D eigenvalue weighted by atomic mass is 32.2. The third-order valence-corrected chi connectivity index (χ3v) is 5.14. The summed E-state index contributed by atoms with van der Waals surface area (Å²) in [6.45, 7) is 2.38. The fourth-order valence-corrected chi connectivity index (χ4v) is 3.07. The normalized spacial score (nSPS) is 11.0. The van der Waals surface area contributed by atoms with E-state index < -0.39 is 41.1 Å². The first-order chi connectivity index (χ1) is 13.6. The lowest BCUT2D eigenvalue weighted by Gasteiger charge is -2.09. The van der Waals surface area contributed by atoms with E-state index in [4.69, 9.17) is 0 Å². The molecule has 29 heavy (non-hydrogen) atoms. The minimum atomic E-state index is -3.93. The van der Waals surface area contributed by atoms with Crippen LogP contribution in [0.15, 0.2) is 35.5 Å². The smallest absolute Gasteiger partial charge is 0.325 e. The number of imide groups is 1. The van der Waals surface area contributed by atoms with E-state index >= 15 is 0 Å². The molecule has 0 aliphatic rings. The van der Waals surface area contributed by atoms with Crippen LogP contribution in [-0.2, 0) is 31.4 Å². The number of sulfonamides is 1. The van der Waals surface area contributed by atoms with Gasteiger partial charge in [-0.15, -0.1) is 0 Å². The SMILES string of the molecule is Cc1ccc(NC(=O)NC(=O)COC(=O)CNS(=O)(=O)c2cnn(C)c2)cc1C. The van der Waals surface area contributed by atoms with E-state index in [1.807, 2.05) is 30.0 Å². The number of esters is 1. The van der Waals surface area contributed by atoms with Crippen molar-refractivity contribution in [3.8, 4) is 0 Å². The summed E-state index contributed by atoms with van der Waals surface area (Å²) in [6, 6.07) is 4.46. The molecule has 0 spiro atoms. The molecule has 0 saturated heterocycles. The molecule has 0 radical (unpaired) electrons. The highest BCUT2D eigenvalue weighted by Crippen LogP contribution is 2.13. The molecule has 1 aromatic heterocycles. The summed E-state index contributed by atoms with van der Waals surface area (Å²) in [7, 11) is -2.39. The molecule has 2 aromatic rings. The number of amides is 3. The van der Waals surface area contributed by atoms with Crippen molar-refractivity contribution in [2.45, 2.75) is 18.7 Å². The molecule has 1 heterocycles. The van der Waals surface area contributed by atoms with Gasteiger partial charge in [0.25, 0.3) is 5.91 Å². The van der Waals surface area contributed by atoms with Crippen LogP contribution >= 0.6 is 0 Å². The van der Waals surface area contributed by atoms with Gasteiger partial charge < -0.3 is 10.1 Å². The van der Waals surface area contributed by atoms with Crippen LogP contribution in [0.4, 0.5) is 10.5 Å². The molecule has 0 saturated carbocycles. The van der Waals surface area contributed by atoms with E-state index in [0.29, 0.717) is 5.69 Å². The molecule has 2 rings (SSSR count). The Kier molecular flexibility index (Phi) is 7.07. The van der Waals surface area contributed by atoms with Crippen molar-refractivity contribution in [2.75, 3.05) is 18.5 Å². The molecule has 3 amide bonds. The summed E-state index contributed by atoms with van der Waals surface area (Å²) in [5, 5.41) is 8.21. The third-order valence-electron chi connectivity index (χ3n) is 3.78. The van der Waals surface area contributed by atoms with Gasteiger partial charge in [0.05, 0.1) is 6.20 Å². The number of carbonyl (C=O) groups is 3. The van der Waals surface area contributed by atoms with Gasteiger partial charge in [0.1, 0.15) is 11.4 Å². The summed E-state index contributed by atoms with van der Waals surface area (Å²) in [5.41, 5.74) is 2.52. The number of urea groups is 1. The van der Waals surface area contributed by atoms with Gasteiger partial charge in [0.2, 0.25) is 10.0 Å². The number of nitrogens with one attached hydrogen (secondary N) is 3. The first-order valence-electron chi connectivity index (χ1n) is 8.39. The highest BCUT2D eigenvalue weighted by Gasteiger charge is 2.18. The molecule has 0 aliphatic heterocycles. The van der Waals surface area contributed by atoms with E-state index in [9.17, 15) is 22.8 Å². The number of carbonyl (C=O) groups excluding carboxylic acids is 3. The summed E-state index contributed by atoms with van der Waals surface area (Å²) in [6.07, 6.45) is 2.38. The first-order valence-corrected chi connectivity index (χ1v) is 9.87. The summed E-state index contributed by atoms with van der Waals surface area (Å²) < 4.78 is 31.9. The van der Waals surface area contributed by atoms with Crippen LogP contribution in [0.5, 0.6) is 0 Å². The van der Waals surface area contributed by atoms with Crippen LogP contribution in [0.1, 0.15) is 11.1 Å². The molecular weight excluding hydrogens is 402 g/mol. The van der Waals surface area contributed by atoms with E-state index in [1.165, 1.54) is 10.9 Å². The van der Waals surface area contributed by atoms with E-state index in [1.54, 1.807) is 19.2 Å². The fourth-order valence-electron chi connectivity index (χ4n) is 2.12. The van der Waals surface area contributed by atoms with E-state index in [0.717, 1.165) is 17.3 Å². The molecule has 0 unspecified atom stereocenters. The molecule has 3 N–H and O–H groups in total. The number of nitrogens with zero attached hydrogens (tertiary/aromatic N) is 2. The quantitative estimate of drug-likeness (QED) is 0.539. The minimum absolute atomic E-state index is 0.117. The van der Waals surface area contributed by atoms with Gasteiger partial charge in [-0.25, -0.2) is 13.2 Å². The molecule has 11 nitrogen and oxygen atoms in total. The zero-order valence-corrected chi connectivity index (χ0v) is 16.9. The summed E-state index contributed by atoms with van der Waals surface area (Å²) >= 11 is 0. The summed E-state index contributed by atoms with van der Waals surface area (Å²) in [4.78, 5) is 35.0. The standard InChI is InChI=1S/C17H21N5O6S/c1-11-4-5-13(6-12(11)2)20-17(25)21-15(23)10-28-16(24)8-19-29(26,27)14-7-18-22(3)9-14/h4-7,9,19H,8,10H2,1-3H3,(H2,20,21,23,25). The Morgan fingerprint density at radius 3 is 2.52 bits per heavy atom. The van der Waals surface area contributed by atoms with Gasteiger partial charge >= 0.3 is 12.0 Å². The van der Waals surface area contributed by atoms with Gasteiger partial charge in [0, 0.05) is 18.9 Å². The van der Waals surface area contributed by atoms with E-state index in [2.05, 4.69) is 15.2 Å². The van der Waals surface area contributed by atoms with Gasteiger partial charge in [-0.2, -0.15) is 9.82 Å². The molecule has 0 bridgehead atoms. The van der Waals surface area contributed by atoms with Crippen molar-refractivity contribution >= 4 is 33.6 Å². The highest BCUT2D eigenvalue weighted by molar-refractivity contribution is 7.89. The number of ether oxygens (including phenoxy) is 1. The maximum absolute atomic E-state index is 11.9. The molecular formula is C17H21N5O6S. The largest absolute Gasteiger partial charge is 0.455 e. The lowest BCUT2D eigenvalue weighted by Crippen LogP contribution is -2.38. The van der Waals surface area contributed by atoms with Crippen LogP contribution in [0.2, 0.25) is 0 Å². The Hall–Kier alpha value is -3.25. The lowest BCUT2D eigenvalue weighted by molar-refractivity contribution is -0.147. The zero-order chi connectivity index (χ0) is 21.6. The van der Waals surface area contributed by atoms with Gasteiger partial charge in [-0.05, 0) is 37.1 Å². The van der Waals surface area contributed by atoms with Crippen molar-refractivity contribution in [2.24, 2.45) is 7.05 Å². The van der Waals surface area contributed by atoms with Crippen LogP contribution < -0.4 is 15.4 Å². The Balaban J connectivity index is 1.74. The molecule has 0 aliphatic carbocycles. The van der Waals surface area contributed by atoms with Crippen molar-refractivity contribution in [3.63, 3.8) is 0 Å². The fraction of sp³-hybridized carbons (Fsp3) is 0.294. The first kappa shape index (κ1) is 22.0. The second-order valence-electron chi connectivity index (χ2n) is 6.14. The lowest BCUT2D eigenvalue weighted by atomic mass is 10.1. The Bertz CT molecular complexity index is 1030. The Morgan fingerprint density at radius 1 is 1.17 bits per heavy atom. The second-order valence-corrected chi connectivity index (χ2v) is 7.90. The van der Waals surface area contributed by atoms with E-state index in [-0.39, 0.29) is 4.90 Å². The van der Waals surface area contributed by atoms with Crippen LogP contribution in [0, 0.1) is 13.8 Å². The number of benzene rings is 1. The van der Waals surface area contributed by atoms with Crippen LogP contribution in [0.25, 0.3) is 0 Å². The summed E-state index contributed by atoms with van der Waals surface area (Å²) in [5.74, 6) is -1.85. The third kappa shape index (κ3) is 6.69. The topological polar surface area (TPSA) is 148 Å².